The predicted octanol–water partition coefficient (Wildman–Crippen LogP) is 3.37. The Hall–Kier alpha value is -2.35. The van der Waals surface area contributed by atoms with Crippen LogP contribution in [0.2, 0.25) is 5.02 Å². The van der Waals surface area contributed by atoms with E-state index < -0.39 is 0 Å². The number of hydrogen-bond acceptors (Lipinski definition) is 3. The fourth-order valence-electron chi connectivity index (χ4n) is 1.73. The number of benzene rings is 2. The quantitative estimate of drug-likeness (QED) is 0.921. The van der Waals surface area contributed by atoms with Crippen molar-refractivity contribution < 1.29 is 9.53 Å². The molecule has 106 valence electrons. The van der Waals surface area contributed by atoms with Gasteiger partial charge >= 0.3 is 0 Å². The lowest BCUT2D eigenvalue weighted by molar-refractivity contribution is -0.121. The largest absolute Gasteiger partial charge is 0.367 e. The number of nitrogens with zero attached hydrogens (tertiary/aromatic N) is 1. The van der Waals surface area contributed by atoms with E-state index >= 15 is 0 Å². The molecule has 4 nitrogen and oxygen atoms in total. The Labute approximate surface area is 127 Å². The minimum absolute atomic E-state index is 0.0813. The highest BCUT2D eigenvalue weighted by molar-refractivity contribution is 6.31. The van der Waals surface area contributed by atoms with Gasteiger partial charge in [-0.3, -0.25) is 4.79 Å². The molecule has 0 aliphatic carbocycles. The van der Waals surface area contributed by atoms with E-state index in [0.29, 0.717) is 16.3 Å². The third-order valence-electron chi connectivity index (χ3n) is 2.72. The smallest absolute Gasteiger partial charge is 0.250 e. The molecule has 0 atom stereocenters. The van der Waals surface area contributed by atoms with Crippen molar-refractivity contribution >= 4 is 23.2 Å². The predicted molar refractivity (Wildman–Crippen MR) is 80.9 cm³/mol. The zero-order chi connectivity index (χ0) is 15.1. The molecule has 5 heteroatoms. The van der Waals surface area contributed by atoms with Crippen LogP contribution in [0.1, 0.15) is 11.1 Å². The number of nitriles is 1. The summed E-state index contributed by atoms with van der Waals surface area (Å²) in [5.74, 6) is -0.280. The summed E-state index contributed by atoms with van der Waals surface area (Å²) in [7, 11) is 0. The van der Waals surface area contributed by atoms with E-state index in [2.05, 4.69) is 5.32 Å². The molecule has 0 aromatic heterocycles. The van der Waals surface area contributed by atoms with Gasteiger partial charge in [0.15, 0.2) is 0 Å². The molecule has 0 unspecified atom stereocenters. The van der Waals surface area contributed by atoms with Gasteiger partial charge in [-0.2, -0.15) is 5.26 Å². The number of anilines is 1. The van der Waals surface area contributed by atoms with Gasteiger partial charge in [0.1, 0.15) is 6.61 Å². The summed E-state index contributed by atoms with van der Waals surface area (Å²) in [5.41, 5.74) is 1.89. The minimum Gasteiger partial charge on any atom is -0.367 e. The van der Waals surface area contributed by atoms with Gasteiger partial charge in [-0.1, -0.05) is 35.9 Å². The van der Waals surface area contributed by atoms with Crippen LogP contribution in [0.4, 0.5) is 5.69 Å². The monoisotopic (exact) mass is 300 g/mol. The van der Waals surface area contributed by atoms with Crippen molar-refractivity contribution in [2.75, 3.05) is 11.9 Å². The highest BCUT2D eigenvalue weighted by atomic mass is 35.5. The van der Waals surface area contributed by atoms with Gasteiger partial charge in [0.2, 0.25) is 5.91 Å². The summed E-state index contributed by atoms with van der Waals surface area (Å²) < 4.78 is 5.33. The lowest BCUT2D eigenvalue weighted by Crippen LogP contribution is -2.18. The highest BCUT2D eigenvalue weighted by Crippen LogP contribution is 2.15. The molecule has 0 fully saturated rings. The summed E-state index contributed by atoms with van der Waals surface area (Å²) in [6.07, 6.45) is 0. The zero-order valence-electron chi connectivity index (χ0n) is 11.2. The number of rotatable bonds is 5. The normalized spacial score (nSPS) is 9.90. The van der Waals surface area contributed by atoms with Crippen LogP contribution < -0.4 is 5.32 Å². The first-order chi connectivity index (χ1) is 10.2. The first-order valence-electron chi connectivity index (χ1n) is 6.30. The number of amides is 1. The maximum Gasteiger partial charge on any atom is 0.250 e. The molecule has 0 aliphatic rings. The van der Waals surface area contributed by atoms with Crippen molar-refractivity contribution in [3.05, 3.63) is 64.7 Å². The summed E-state index contributed by atoms with van der Waals surface area (Å²) in [4.78, 5) is 11.7. The second-order valence-corrected chi connectivity index (χ2v) is 4.73. The van der Waals surface area contributed by atoms with Gasteiger partial charge in [-0.05, 0) is 29.8 Å². The van der Waals surface area contributed by atoms with Crippen LogP contribution in [0.15, 0.2) is 48.5 Å². The van der Waals surface area contributed by atoms with Crippen LogP contribution in [-0.4, -0.2) is 12.5 Å². The van der Waals surface area contributed by atoms with Gasteiger partial charge in [0.25, 0.3) is 0 Å². The summed E-state index contributed by atoms with van der Waals surface area (Å²) in [6.45, 7) is 0.188. The topological polar surface area (TPSA) is 62.1 Å². The molecular formula is C16H13ClN2O2. The van der Waals surface area contributed by atoms with Crippen LogP contribution >= 0.6 is 11.6 Å². The third-order valence-corrected chi connectivity index (χ3v) is 3.09. The van der Waals surface area contributed by atoms with Crippen molar-refractivity contribution in [1.29, 1.82) is 5.26 Å². The van der Waals surface area contributed by atoms with Gasteiger partial charge in [0, 0.05) is 10.7 Å². The average molecular weight is 301 g/mol. The van der Waals surface area contributed by atoms with Crippen LogP contribution in [0.5, 0.6) is 0 Å². The van der Waals surface area contributed by atoms with Gasteiger partial charge in [0.05, 0.1) is 18.2 Å². The standard InChI is InChI=1S/C16H13ClN2O2/c17-15-7-2-1-5-13(15)10-21-11-16(20)19-14-6-3-4-12(8-14)9-18/h1-8H,10-11H2,(H,19,20). The third kappa shape index (κ3) is 4.60. The molecule has 0 spiro atoms. The molecule has 1 amide bonds. The molecule has 0 radical (unpaired) electrons. The Morgan fingerprint density at radius 3 is 2.81 bits per heavy atom. The SMILES string of the molecule is N#Cc1cccc(NC(=O)COCc2ccccc2Cl)c1. The van der Waals surface area contributed by atoms with Crippen molar-refractivity contribution in [2.24, 2.45) is 0 Å². The number of hydrogen-bond donors (Lipinski definition) is 1. The Morgan fingerprint density at radius 1 is 1.24 bits per heavy atom. The van der Waals surface area contributed by atoms with Crippen LogP contribution in [-0.2, 0) is 16.1 Å². The van der Waals surface area contributed by atoms with E-state index in [4.69, 9.17) is 21.6 Å². The van der Waals surface area contributed by atoms with E-state index in [1.54, 1.807) is 30.3 Å². The first-order valence-corrected chi connectivity index (χ1v) is 6.68. The van der Waals surface area contributed by atoms with Crippen molar-refractivity contribution in [3.8, 4) is 6.07 Å². The number of carbonyl (C=O) groups excluding carboxylic acids is 1. The number of halogens is 1. The molecule has 0 aliphatic heterocycles. The lowest BCUT2D eigenvalue weighted by atomic mass is 10.2. The molecule has 0 heterocycles. The molecule has 21 heavy (non-hydrogen) atoms. The second-order valence-electron chi connectivity index (χ2n) is 4.32. The Balaban J connectivity index is 1.83. The maximum atomic E-state index is 11.7. The molecule has 0 saturated heterocycles. The fourth-order valence-corrected chi connectivity index (χ4v) is 1.92. The minimum atomic E-state index is -0.280. The van der Waals surface area contributed by atoms with Crippen LogP contribution in [0, 0.1) is 11.3 Å². The first kappa shape index (κ1) is 15.0. The summed E-state index contributed by atoms with van der Waals surface area (Å²) in [6, 6.07) is 16.0. The summed E-state index contributed by atoms with van der Waals surface area (Å²) >= 11 is 5.99. The number of carbonyl (C=O) groups is 1. The van der Waals surface area contributed by atoms with Gasteiger partial charge in [-0.15, -0.1) is 0 Å². The molecular weight excluding hydrogens is 288 g/mol. The molecule has 0 bridgehead atoms. The molecule has 0 saturated carbocycles. The number of ether oxygens (including phenoxy) is 1. The van der Waals surface area contributed by atoms with E-state index in [1.807, 2.05) is 24.3 Å². The van der Waals surface area contributed by atoms with E-state index in [9.17, 15) is 4.79 Å². The molecule has 1 N–H and O–H groups in total. The Morgan fingerprint density at radius 2 is 2.05 bits per heavy atom. The summed E-state index contributed by atoms with van der Waals surface area (Å²) in [5, 5.41) is 12.1. The number of nitrogens with one attached hydrogen (secondary N) is 1. The lowest BCUT2D eigenvalue weighted by Gasteiger charge is -2.07. The average Bonchev–Trinajstić information content (AvgIpc) is 2.49. The highest BCUT2D eigenvalue weighted by Gasteiger charge is 2.05. The zero-order valence-corrected chi connectivity index (χ0v) is 11.9. The van der Waals surface area contributed by atoms with Crippen molar-refractivity contribution in [2.45, 2.75) is 6.61 Å². The van der Waals surface area contributed by atoms with Gasteiger partial charge < -0.3 is 10.1 Å². The van der Waals surface area contributed by atoms with Gasteiger partial charge in [-0.25, -0.2) is 0 Å². The second kappa shape index (κ2) is 7.44. The fraction of sp³-hybridized carbons (Fsp3) is 0.125. The molecule has 2 aromatic rings. The van der Waals surface area contributed by atoms with E-state index in [-0.39, 0.29) is 19.1 Å². The maximum absolute atomic E-state index is 11.7. The van der Waals surface area contributed by atoms with E-state index in [0.717, 1.165) is 5.56 Å². The van der Waals surface area contributed by atoms with Crippen molar-refractivity contribution in [1.82, 2.24) is 0 Å². The Bertz CT molecular complexity index is 680. The van der Waals surface area contributed by atoms with Crippen molar-refractivity contribution in [3.63, 3.8) is 0 Å². The molecule has 2 rings (SSSR count). The Kier molecular flexibility index (Phi) is 5.33. The molecule has 2 aromatic carbocycles. The van der Waals surface area contributed by atoms with Crippen LogP contribution in [0.25, 0.3) is 0 Å². The van der Waals surface area contributed by atoms with E-state index in [1.165, 1.54) is 0 Å². The van der Waals surface area contributed by atoms with Crippen LogP contribution in [0.3, 0.4) is 0 Å².